The Balaban J connectivity index is 1.49. The van der Waals surface area contributed by atoms with Crippen molar-refractivity contribution in [2.24, 2.45) is 4.99 Å². The molecule has 0 fully saturated rings. The Morgan fingerprint density at radius 1 is 1.16 bits per heavy atom. The predicted molar refractivity (Wildman–Crippen MR) is 157 cm³/mol. The second kappa shape index (κ2) is 11.5. The molecule has 38 heavy (non-hydrogen) atoms. The average molecular weight is 674 g/mol. The normalized spacial score (nSPS) is 15.3. The summed E-state index contributed by atoms with van der Waals surface area (Å²) in [5, 5.41) is 1.93. The van der Waals surface area contributed by atoms with E-state index in [1.165, 1.54) is 22.7 Å². The predicted octanol–water partition coefficient (Wildman–Crippen LogP) is 5.96. The first-order chi connectivity index (χ1) is 18.4. The van der Waals surface area contributed by atoms with Crippen molar-refractivity contribution in [3.63, 3.8) is 0 Å². The second-order valence-electron chi connectivity index (χ2n) is 8.42. The fraction of sp³-hybridized carbons (Fsp3) is 0.179. The van der Waals surface area contributed by atoms with Crippen LogP contribution in [0, 0.1) is 0 Å². The van der Waals surface area contributed by atoms with E-state index in [4.69, 9.17) is 9.47 Å². The lowest BCUT2D eigenvalue weighted by Crippen LogP contribution is -2.39. The molecule has 0 saturated heterocycles. The van der Waals surface area contributed by atoms with E-state index in [0.717, 1.165) is 24.9 Å². The second-order valence-corrected chi connectivity index (χ2v) is 12.2. The summed E-state index contributed by atoms with van der Waals surface area (Å²) >= 11 is 9.83. The zero-order chi connectivity index (χ0) is 26.8. The Morgan fingerprint density at radius 2 is 1.95 bits per heavy atom. The Kier molecular flexibility index (Phi) is 8.13. The molecule has 4 aromatic rings. The highest BCUT2D eigenvalue weighted by Gasteiger charge is 2.33. The Labute approximate surface area is 243 Å². The maximum atomic E-state index is 13.7. The molecule has 6 nitrogen and oxygen atoms in total. The third kappa shape index (κ3) is 5.49. The van der Waals surface area contributed by atoms with E-state index < -0.39 is 12.0 Å². The van der Waals surface area contributed by atoms with Crippen molar-refractivity contribution in [1.29, 1.82) is 0 Å². The van der Waals surface area contributed by atoms with Gasteiger partial charge in [-0.3, -0.25) is 9.36 Å². The van der Waals surface area contributed by atoms with Crippen LogP contribution in [0.4, 0.5) is 0 Å². The summed E-state index contributed by atoms with van der Waals surface area (Å²) in [6, 6.07) is 16.9. The van der Waals surface area contributed by atoms with Gasteiger partial charge in [0.2, 0.25) is 0 Å². The Morgan fingerprint density at radius 3 is 2.63 bits per heavy atom. The van der Waals surface area contributed by atoms with Crippen molar-refractivity contribution in [3.8, 4) is 5.75 Å². The van der Waals surface area contributed by atoms with Crippen molar-refractivity contribution < 1.29 is 14.3 Å². The third-order valence-corrected chi connectivity index (χ3v) is 8.95. The number of thiazole rings is 1. The van der Waals surface area contributed by atoms with Crippen molar-refractivity contribution >= 4 is 66.6 Å². The van der Waals surface area contributed by atoms with E-state index in [1.807, 2.05) is 66.1 Å². The number of hydrogen-bond acceptors (Lipinski definition) is 7. The van der Waals surface area contributed by atoms with Crippen LogP contribution in [0.15, 0.2) is 90.0 Å². The molecule has 0 radical (unpaired) electrons. The number of esters is 1. The molecular weight excluding hydrogens is 652 g/mol. The first-order valence-corrected chi connectivity index (χ1v) is 15.0. The molecule has 194 valence electrons. The smallest absolute Gasteiger partial charge is 0.338 e. The minimum absolute atomic E-state index is 0.201. The van der Waals surface area contributed by atoms with Gasteiger partial charge in [0.15, 0.2) is 4.80 Å². The van der Waals surface area contributed by atoms with Crippen LogP contribution in [0.5, 0.6) is 5.75 Å². The topological polar surface area (TPSA) is 69.9 Å². The fourth-order valence-corrected chi connectivity index (χ4v) is 6.77. The largest absolute Gasteiger partial charge is 0.488 e. The van der Waals surface area contributed by atoms with Gasteiger partial charge in [-0.1, -0.05) is 51.5 Å². The van der Waals surface area contributed by atoms with Crippen LogP contribution < -0.4 is 19.6 Å². The zero-order valence-electron chi connectivity index (χ0n) is 20.4. The highest BCUT2D eigenvalue weighted by molar-refractivity contribution is 9.10. The molecule has 0 unspecified atom stereocenters. The van der Waals surface area contributed by atoms with Gasteiger partial charge in [-0.05, 0) is 82.7 Å². The van der Waals surface area contributed by atoms with Crippen molar-refractivity contribution in [2.45, 2.75) is 26.5 Å². The number of fused-ring (bicyclic) bond motifs is 1. The lowest BCUT2D eigenvalue weighted by molar-refractivity contribution is -0.139. The lowest BCUT2D eigenvalue weighted by atomic mass is 10.0. The van der Waals surface area contributed by atoms with Crippen LogP contribution in [0.3, 0.4) is 0 Å². The average Bonchev–Trinajstić information content (AvgIpc) is 3.52. The van der Waals surface area contributed by atoms with Gasteiger partial charge in [-0.15, -0.1) is 11.3 Å². The van der Waals surface area contributed by atoms with E-state index in [2.05, 4.69) is 36.9 Å². The number of hydrogen-bond donors (Lipinski definition) is 0. The van der Waals surface area contributed by atoms with Crippen LogP contribution in [-0.2, 0) is 16.1 Å². The van der Waals surface area contributed by atoms with Gasteiger partial charge < -0.3 is 9.47 Å². The maximum Gasteiger partial charge on any atom is 0.338 e. The van der Waals surface area contributed by atoms with Crippen molar-refractivity contribution in [2.75, 3.05) is 6.61 Å². The number of ether oxygens (including phenoxy) is 2. The maximum absolute atomic E-state index is 13.7. The quantitative estimate of drug-likeness (QED) is 0.227. The molecule has 1 aliphatic rings. The molecule has 5 rings (SSSR count). The van der Waals surface area contributed by atoms with E-state index in [0.29, 0.717) is 33.0 Å². The van der Waals surface area contributed by atoms with Crippen LogP contribution >= 0.6 is 54.5 Å². The Bertz CT molecular complexity index is 1700. The monoisotopic (exact) mass is 672 g/mol. The number of aromatic nitrogens is 1. The summed E-state index contributed by atoms with van der Waals surface area (Å²) in [6.07, 6.45) is 1.84. The highest BCUT2D eigenvalue weighted by Crippen LogP contribution is 2.33. The van der Waals surface area contributed by atoms with E-state index in [9.17, 15) is 9.59 Å². The van der Waals surface area contributed by atoms with Gasteiger partial charge >= 0.3 is 5.97 Å². The summed E-state index contributed by atoms with van der Waals surface area (Å²) in [6.45, 7) is 4.23. The number of allylic oxidation sites excluding steroid dienone is 1. The first kappa shape index (κ1) is 26.8. The van der Waals surface area contributed by atoms with Crippen molar-refractivity contribution in [3.05, 3.63) is 116 Å². The number of carbonyl (C=O) groups is 1. The number of carbonyl (C=O) groups excluding carboxylic acids is 1. The summed E-state index contributed by atoms with van der Waals surface area (Å²) < 4.78 is 15.2. The molecule has 3 heterocycles. The SMILES string of the molecule is CCOC(=O)C1=C(C)N=c2s/c(=C\c3ccc(OCc4ccc(Br)cc4)c(Br)c3)c(=O)n2[C@H]1c1cccs1. The molecule has 10 heteroatoms. The molecule has 0 bridgehead atoms. The molecule has 2 aromatic carbocycles. The van der Waals surface area contributed by atoms with Crippen LogP contribution in [0.1, 0.15) is 35.9 Å². The van der Waals surface area contributed by atoms with E-state index in [-0.39, 0.29) is 12.2 Å². The van der Waals surface area contributed by atoms with Crippen LogP contribution in [0.2, 0.25) is 0 Å². The molecule has 0 aliphatic carbocycles. The van der Waals surface area contributed by atoms with Gasteiger partial charge in [0.25, 0.3) is 5.56 Å². The van der Waals surface area contributed by atoms with Gasteiger partial charge in [-0.2, -0.15) is 0 Å². The van der Waals surface area contributed by atoms with E-state index >= 15 is 0 Å². The number of benzene rings is 2. The molecule has 0 saturated carbocycles. The van der Waals surface area contributed by atoms with Gasteiger partial charge in [-0.25, -0.2) is 9.79 Å². The number of thiophene rings is 1. The Hall–Kier alpha value is -2.79. The summed E-state index contributed by atoms with van der Waals surface area (Å²) in [5.74, 6) is 0.253. The summed E-state index contributed by atoms with van der Waals surface area (Å²) in [4.78, 5) is 32.6. The minimum Gasteiger partial charge on any atom is -0.488 e. The van der Waals surface area contributed by atoms with E-state index in [1.54, 1.807) is 18.4 Å². The molecule has 0 spiro atoms. The summed E-state index contributed by atoms with van der Waals surface area (Å²) in [7, 11) is 0. The standard InChI is InChI=1S/C28H22Br2N2O4S2/c1-3-35-27(34)24-16(2)31-28-32(25(24)22-5-4-12-37-22)26(33)23(38-28)14-18-8-11-21(20(30)13-18)36-15-17-6-9-19(29)10-7-17/h4-14,25H,3,15H2,1-2H3/b23-14-/t25-/m0/s1. The molecule has 0 N–H and O–H groups in total. The molecular formula is C28H22Br2N2O4S2. The lowest BCUT2D eigenvalue weighted by Gasteiger charge is -2.23. The van der Waals surface area contributed by atoms with Crippen LogP contribution in [-0.4, -0.2) is 17.1 Å². The van der Waals surface area contributed by atoms with Gasteiger partial charge in [0.1, 0.15) is 18.4 Å². The first-order valence-electron chi connectivity index (χ1n) is 11.8. The molecule has 1 aliphatic heterocycles. The van der Waals surface area contributed by atoms with Gasteiger partial charge in [0.05, 0.1) is 26.9 Å². The zero-order valence-corrected chi connectivity index (χ0v) is 25.2. The number of halogens is 2. The van der Waals surface area contributed by atoms with Gasteiger partial charge in [0, 0.05) is 9.35 Å². The number of rotatable bonds is 7. The van der Waals surface area contributed by atoms with Crippen molar-refractivity contribution in [1.82, 2.24) is 4.57 Å². The highest BCUT2D eigenvalue weighted by atomic mass is 79.9. The molecule has 2 aromatic heterocycles. The molecule has 1 atom stereocenters. The van der Waals surface area contributed by atoms with Crippen LogP contribution in [0.25, 0.3) is 6.08 Å². The minimum atomic E-state index is -0.575. The fourth-order valence-electron chi connectivity index (χ4n) is 4.12. The molecule has 0 amide bonds. The number of nitrogens with zero attached hydrogens (tertiary/aromatic N) is 2. The third-order valence-electron chi connectivity index (χ3n) is 5.89. The summed E-state index contributed by atoms with van der Waals surface area (Å²) in [5.41, 5.74) is 2.65.